The molecule has 35 heavy (non-hydrogen) atoms. The molecule has 7 heteroatoms. The van der Waals surface area contributed by atoms with Gasteiger partial charge < -0.3 is 15.6 Å². The Morgan fingerprint density at radius 2 is 1.66 bits per heavy atom. The van der Waals surface area contributed by atoms with Gasteiger partial charge >= 0.3 is 0 Å². The van der Waals surface area contributed by atoms with E-state index in [1.807, 2.05) is 30.3 Å². The summed E-state index contributed by atoms with van der Waals surface area (Å²) in [5, 5.41) is 5.99. The maximum absolute atomic E-state index is 13.1. The van der Waals surface area contributed by atoms with Gasteiger partial charge in [-0.05, 0) is 85.7 Å². The molecule has 0 aliphatic heterocycles. The minimum Gasteiger partial charge on any atom is -0.349 e. The Bertz CT molecular complexity index is 1410. The van der Waals surface area contributed by atoms with Crippen molar-refractivity contribution in [1.29, 1.82) is 0 Å². The average molecular weight is 469 g/mol. The van der Waals surface area contributed by atoms with E-state index >= 15 is 0 Å². The molecule has 3 aromatic carbocycles. The molecule has 3 atom stereocenters. The maximum Gasteiger partial charge on any atom is 0.255 e. The number of halogens is 1. The smallest absolute Gasteiger partial charge is 0.255 e. The molecule has 6 rings (SSSR count). The maximum atomic E-state index is 13.1. The largest absolute Gasteiger partial charge is 0.349 e. The highest BCUT2D eigenvalue weighted by Gasteiger charge is 2.40. The third-order valence-electron chi connectivity index (χ3n) is 7.32. The number of benzene rings is 3. The molecular formula is C28H25FN4O2. The van der Waals surface area contributed by atoms with Crippen molar-refractivity contribution < 1.29 is 14.0 Å². The van der Waals surface area contributed by atoms with Crippen molar-refractivity contribution in [1.82, 2.24) is 15.3 Å². The Morgan fingerprint density at radius 3 is 2.37 bits per heavy atom. The second-order valence-electron chi connectivity index (χ2n) is 9.61. The molecular weight excluding hydrogens is 443 g/mol. The van der Waals surface area contributed by atoms with Crippen LogP contribution in [0.15, 0.2) is 66.7 Å². The van der Waals surface area contributed by atoms with Crippen molar-refractivity contribution in [2.24, 2.45) is 11.8 Å². The van der Waals surface area contributed by atoms with Gasteiger partial charge in [-0.3, -0.25) is 9.59 Å². The lowest BCUT2D eigenvalue weighted by Crippen LogP contribution is -2.38. The van der Waals surface area contributed by atoms with Crippen LogP contribution in [-0.4, -0.2) is 27.8 Å². The number of carbonyl (C=O) groups is 2. The summed E-state index contributed by atoms with van der Waals surface area (Å²) in [6.07, 6.45) is 4.89. The monoisotopic (exact) mass is 468 g/mol. The number of imidazole rings is 1. The fourth-order valence-electron chi connectivity index (χ4n) is 5.48. The van der Waals surface area contributed by atoms with E-state index in [4.69, 9.17) is 0 Å². The van der Waals surface area contributed by atoms with Crippen LogP contribution in [-0.2, 0) is 0 Å². The summed E-state index contributed by atoms with van der Waals surface area (Å²) in [6.45, 7) is 0. The van der Waals surface area contributed by atoms with Gasteiger partial charge in [0, 0.05) is 28.4 Å². The number of rotatable bonds is 5. The number of aromatic nitrogens is 2. The number of nitrogens with zero attached hydrogens (tertiary/aromatic N) is 1. The van der Waals surface area contributed by atoms with Crippen LogP contribution in [0, 0.1) is 17.7 Å². The molecule has 2 fully saturated rings. The minimum atomic E-state index is -0.355. The summed E-state index contributed by atoms with van der Waals surface area (Å²) in [5.41, 5.74) is 4.02. The van der Waals surface area contributed by atoms with Crippen molar-refractivity contribution in [2.75, 3.05) is 5.32 Å². The number of fused-ring (bicyclic) bond motifs is 3. The van der Waals surface area contributed by atoms with E-state index in [2.05, 4.69) is 20.6 Å². The first-order valence-corrected chi connectivity index (χ1v) is 12.0. The molecule has 2 amide bonds. The molecule has 2 aliphatic rings. The molecule has 3 unspecified atom stereocenters. The molecule has 3 N–H and O–H groups in total. The van der Waals surface area contributed by atoms with Crippen molar-refractivity contribution in [3.8, 4) is 11.4 Å². The van der Waals surface area contributed by atoms with Gasteiger partial charge in [0.15, 0.2) is 0 Å². The lowest BCUT2D eigenvalue weighted by Gasteiger charge is -2.22. The number of hydrogen-bond donors (Lipinski definition) is 3. The van der Waals surface area contributed by atoms with E-state index in [0.717, 1.165) is 28.9 Å². The zero-order valence-corrected chi connectivity index (χ0v) is 19.1. The van der Waals surface area contributed by atoms with E-state index in [-0.39, 0.29) is 17.6 Å². The normalized spacial score (nSPS) is 20.8. The summed E-state index contributed by atoms with van der Waals surface area (Å²) >= 11 is 0. The minimum absolute atomic E-state index is 0.0304. The molecule has 1 heterocycles. The zero-order valence-electron chi connectivity index (χ0n) is 19.1. The molecule has 176 valence electrons. The topological polar surface area (TPSA) is 86.9 Å². The molecule has 2 bridgehead atoms. The van der Waals surface area contributed by atoms with Gasteiger partial charge in [0.25, 0.3) is 11.8 Å². The van der Waals surface area contributed by atoms with Gasteiger partial charge in [0.05, 0.1) is 11.0 Å². The van der Waals surface area contributed by atoms with Gasteiger partial charge in [-0.15, -0.1) is 0 Å². The number of carbonyl (C=O) groups excluding carboxylic acids is 2. The van der Waals surface area contributed by atoms with Crippen LogP contribution >= 0.6 is 0 Å². The first kappa shape index (κ1) is 21.5. The average Bonchev–Trinajstić information content (AvgIpc) is 3.61. The summed E-state index contributed by atoms with van der Waals surface area (Å²) in [5.74, 6) is 1.41. The standard InChI is InChI=1S/C28H25FN4O2/c29-21-8-10-22(11-9-21)30-27(34)18-5-3-17(4-6-18)26-31-23-12-7-20(15-25(23)32-26)28(35)33-24-14-16-1-2-19(24)13-16/h3-12,15-16,19,24H,1-2,13-14H2,(H,30,34)(H,31,32)(H,33,35). The van der Waals surface area contributed by atoms with E-state index < -0.39 is 0 Å². The van der Waals surface area contributed by atoms with Gasteiger partial charge in [0.2, 0.25) is 0 Å². The van der Waals surface area contributed by atoms with Crippen LogP contribution in [0.3, 0.4) is 0 Å². The SMILES string of the molecule is O=C(Nc1ccc(F)cc1)c1ccc(-c2nc3ccc(C(=O)NC4CC5CCC4C5)cc3[nH]2)cc1. The molecule has 4 aromatic rings. The van der Waals surface area contributed by atoms with E-state index in [1.165, 1.54) is 43.5 Å². The second kappa shape index (κ2) is 8.65. The quantitative estimate of drug-likeness (QED) is 0.359. The molecule has 0 spiro atoms. The Balaban J connectivity index is 1.16. The first-order chi connectivity index (χ1) is 17.0. The van der Waals surface area contributed by atoms with Crippen LogP contribution in [0.2, 0.25) is 0 Å². The van der Waals surface area contributed by atoms with Crippen LogP contribution < -0.4 is 10.6 Å². The number of hydrogen-bond acceptors (Lipinski definition) is 3. The predicted molar refractivity (Wildman–Crippen MR) is 133 cm³/mol. The predicted octanol–water partition coefficient (Wildman–Crippen LogP) is 5.54. The lowest BCUT2D eigenvalue weighted by molar-refractivity contribution is 0.0922. The van der Waals surface area contributed by atoms with E-state index in [9.17, 15) is 14.0 Å². The highest BCUT2D eigenvalue weighted by molar-refractivity contribution is 6.04. The van der Waals surface area contributed by atoms with Gasteiger partial charge in [0.1, 0.15) is 11.6 Å². The van der Waals surface area contributed by atoms with Crippen molar-refractivity contribution in [2.45, 2.75) is 31.7 Å². The summed E-state index contributed by atoms with van der Waals surface area (Å²) in [7, 11) is 0. The third kappa shape index (κ3) is 4.30. The van der Waals surface area contributed by atoms with Gasteiger partial charge in [-0.25, -0.2) is 9.37 Å². The number of amides is 2. The Labute approximate surface area is 202 Å². The Morgan fingerprint density at radius 1 is 0.886 bits per heavy atom. The highest BCUT2D eigenvalue weighted by Crippen LogP contribution is 2.44. The molecule has 6 nitrogen and oxygen atoms in total. The number of aromatic amines is 1. The second-order valence-corrected chi connectivity index (χ2v) is 9.61. The number of H-pyrrole nitrogens is 1. The fraction of sp³-hybridized carbons (Fsp3) is 0.250. The lowest BCUT2D eigenvalue weighted by atomic mass is 9.95. The third-order valence-corrected chi connectivity index (χ3v) is 7.32. The van der Waals surface area contributed by atoms with Crippen LogP contribution in [0.1, 0.15) is 46.4 Å². The molecule has 0 radical (unpaired) electrons. The Kier molecular flexibility index (Phi) is 5.32. The van der Waals surface area contributed by atoms with E-state index in [1.54, 1.807) is 12.1 Å². The number of nitrogens with one attached hydrogen (secondary N) is 3. The van der Waals surface area contributed by atoms with E-state index in [0.29, 0.717) is 34.6 Å². The van der Waals surface area contributed by atoms with Gasteiger partial charge in [-0.2, -0.15) is 0 Å². The Hall–Kier alpha value is -4.00. The zero-order chi connectivity index (χ0) is 23.9. The summed E-state index contributed by atoms with van der Waals surface area (Å²) in [4.78, 5) is 33.3. The van der Waals surface area contributed by atoms with Crippen molar-refractivity contribution >= 4 is 28.5 Å². The van der Waals surface area contributed by atoms with Crippen molar-refractivity contribution in [3.05, 3.63) is 83.7 Å². The summed E-state index contributed by atoms with van der Waals surface area (Å²) in [6, 6.07) is 18.5. The summed E-state index contributed by atoms with van der Waals surface area (Å²) < 4.78 is 13.1. The molecule has 2 aliphatic carbocycles. The van der Waals surface area contributed by atoms with Crippen LogP contribution in [0.25, 0.3) is 22.4 Å². The van der Waals surface area contributed by atoms with Crippen molar-refractivity contribution in [3.63, 3.8) is 0 Å². The molecule has 1 aromatic heterocycles. The fourth-order valence-corrected chi connectivity index (χ4v) is 5.48. The first-order valence-electron chi connectivity index (χ1n) is 12.0. The number of anilines is 1. The van der Waals surface area contributed by atoms with Gasteiger partial charge in [-0.1, -0.05) is 18.6 Å². The molecule has 0 saturated heterocycles. The highest BCUT2D eigenvalue weighted by atomic mass is 19.1. The van der Waals surface area contributed by atoms with Crippen LogP contribution in [0.4, 0.5) is 10.1 Å². The molecule has 2 saturated carbocycles. The van der Waals surface area contributed by atoms with Crippen LogP contribution in [0.5, 0.6) is 0 Å².